The van der Waals surface area contributed by atoms with E-state index in [1.165, 1.54) is 25.1 Å². The van der Waals surface area contributed by atoms with Crippen molar-refractivity contribution >= 4 is 0 Å². The first-order valence-electron chi connectivity index (χ1n) is 6.76. The molecule has 0 bridgehead atoms. The molecular formula is C13H21N3O. The van der Waals surface area contributed by atoms with Gasteiger partial charge in [0.15, 0.2) is 0 Å². The number of rotatable bonds is 2. The van der Waals surface area contributed by atoms with E-state index >= 15 is 0 Å². The fourth-order valence-electron chi connectivity index (χ4n) is 3.13. The molecule has 1 aromatic heterocycles. The minimum Gasteiger partial charge on any atom is -0.393 e. The van der Waals surface area contributed by atoms with Crippen molar-refractivity contribution in [2.24, 2.45) is 0 Å². The number of hydrogen-bond donors (Lipinski definition) is 1. The molecule has 3 rings (SSSR count). The van der Waals surface area contributed by atoms with Crippen molar-refractivity contribution in [3.8, 4) is 0 Å². The fourth-order valence-corrected chi connectivity index (χ4v) is 3.13. The van der Waals surface area contributed by atoms with Crippen LogP contribution < -0.4 is 0 Å². The molecule has 2 atom stereocenters. The summed E-state index contributed by atoms with van der Waals surface area (Å²) in [7, 11) is 0. The molecule has 0 spiro atoms. The molecule has 94 valence electrons. The van der Waals surface area contributed by atoms with E-state index in [0.717, 1.165) is 31.8 Å². The summed E-state index contributed by atoms with van der Waals surface area (Å²) < 4.78 is 2.23. The number of likely N-dealkylation sites (tertiary alicyclic amines) is 1. The van der Waals surface area contributed by atoms with E-state index < -0.39 is 0 Å². The van der Waals surface area contributed by atoms with Crippen molar-refractivity contribution in [3.63, 3.8) is 0 Å². The summed E-state index contributed by atoms with van der Waals surface area (Å²) in [4.78, 5) is 7.25. The van der Waals surface area contributed by atoms with Crippen LogP contribution in [0, 0.1) is 0 Å². The quantitative estimate of drug-likeness (QED) is 0.841. The van der Waals surface area contributed by atoms with Gasteiger partial charge in [0, 0.05) is 19.2 Å². The molecule has 4 heteroatoms. The van der Waals surface area contributed by atoms with Crippen LogP contribution in [-0.2, 0) is 13.0 Å². The van der Waals surface area contributed by atoms with Crippen LogP contribution in [0.3, 0.4) is 0 Å². The molecule has 0 radical (unpaired) electrons. The summed E-state index contributed by atoms with van der Waals surface area (Å²) in [6.07, 6.45) is 6.11. The number of aliphatic hydroxyl groups is 1. The van der Waals surface area contributed by atoms with Gasteiger partial charge in [-0.1, -0.05) is 6.92 Å². The molecule has 1 fully saturated rings. The van der Waals surface area contributed by atoms with Gasteiger partial charge in [0.25, 0.3) is 0 Å². The predicted molar refractivity (Wildman–Crippen MR) is 65.8 cm³/mol. The Kier molecular flexibility index (Phi) is 2.92. The van der Waals surface area contributed by atoms with Gasteiger partial charge < -0.3 is 9.67 Å². The minimum atomic E-state index is -0.191. The summed E-state index contributed by atoms with van der Waals surface area (Å²) in [5.41, 5.74) is 1.22. The molecule has 2 aliphatic rings. The van der Waals surface area contributed by atoms with E-state index in [0.29, 0.717) is 6.04 Å². The molecule has 4 nitrogen and oxygen atoms in total. The van der Waals surface area contributed by atoms with Crippen LogP contribution in [0.1, 0.15) is 43.7 Å². The molecule has 1 aromatic rings. The summed E-state index contributed by atoms with van der Waals surface area (Å²) >= 11 is 0. The first kappa shape index (κ1) is 11.2. The van der Waals surface area contributed by atoms with Crippen molar-refractivity contribution < 1.29 is 5.11 Å². The molecule has 2 aliphatic heterocycles. The number of hydrogen-bond acceptors (Lipinski definition) is 3. The minimum absolute atomic E-state index is 0.191. The second kappa shape index (κ2) is 4.42. The third-order valence-electron chi connectivity index (χ3n) is 4.11. The maximum Gasteiger partial charge on any atom is 0.111 e. The van der Waals surface area contributed by atoms with Crippen LogP contribution in [0.2, 0.25) is 0 Å². The molecule has 0 amide bonds. The average molecular weight is 235 g/mol. The van der Waals surface area contributed by atoms with Crippen molar-refractivity contribution in [2.75, 3.05) is 13.1 Å². The maximum atomic E-state index is 9.66. The van der Waals surface area contributed by atoms with Gasteiger partial charge >= 0.3 is 0 Å². The third kappa shape index (κ3) is 2.00. The second-order valence-corrected chi connectivity index (χ2v) is 5.21. The highest BCUT2D eigenvalue weighted by atomic mass is 16.3. The normalized spacial score (nSPS) is 29.5. The van der Waals surface area contributed by atoms with E-state index in [2.05, 4.69) is 22.6 Å². The standard InChI is InChI=1S/C13H21N3O/c1-2-15-6-3-4-12(15)11-9-16-7-5-10(17)8-13(16)14-11/h9-10,12,17H,2-8H2,1H3. The molecule has 3 heterocycles. The van der Waals surface area contributed by atoms with Crippen LogP contribution in [0.25, 0.3) is 0 Å². The molecule has 2 unspecified atom stereocenters. The van der Waals surface area contributed by atoms with Crippen LogP contribution in [0.5, 0.6) is 0 Å². The SMILES string of the molecule is CCN1CCCC1c1cn2c(n1)CC(O)CC2. The molecule has 17 heavy (non-hydrogen) atoms. The lowest BCUT2D eigenvalue weighted by Crippen LogP contribution is -2.23. The van der Waals surface area contributed by atoms with Gasteiger partial charge in [-0.05, 0) is 32.4 Å². The summed E-state index contributed by atoms with van der Waals surface area (Å²) in [5, 5.41) is 9.66. The van der Waals surface area contributed by atoms with Gasteiger partial charge in [-0.15, -0.1) is 0 Å². The Balaban J connectivity index is 1.84. The van der Waals surface area contributed by atoms with E-state index in [-0.39, 0.29) is 6.10 Å². The van der Waals surface area contributed by atoms with Crippen molar-refractivity contribution in [3.05, 3.63) is 17.7 Å². The zero-order valence-electron chi connectivity index (χ0n) is 10.5. The topological polar surface area (TPSA) is 41.3 Å². The highest BCUT2D eigenvalue weighted by Crippen LogP contribution is 2.31. The van der Waals surface area contributed by atoms with Gasteiger partial charge in [-0.3, -0.25) is 4.90 Å². The Labute approximate surface area is 102 Å². The highest BCUT2D eigenvalue weighted by molar-refractivity contribution is 5.12. The first-order chi connectivity index (χ1) is 8.28. The van der Waals surface area contributed by atoms with E-state index in [9.17, 15) is 5.11 Å². The van der Waals surface area contributed by atoms with Gasteiger partial charge in [-0.25, -0.2) is 4.98 Å². The first-order valence-corrected chi connectivity index (χ1v) is 6.76. The number of fused-ring (bicyclic) bond motifs is 1. The number of aryl methyl sites for hydroxylation is 1. The second-order valence-electron chi connectivity index (χ2n) is 5.21. The van der Waals surface area contributed by atoms with Crippen LogP contribution in [0.4, 0.5) is 0 Å². The zero-order chi connectivity index (χ0) is 11.8. The molecule has 0 aliphatic carbocycles. The molecule has 1 N–H and O–H groups in total. The van der Waals surface area contributed by atoms with E-state index in [4.69, 9.17) is 4.98 Å². The van der Waals surface area contributed by atoms with Crippen LogP contribution >= 0.6 is 0 Å². The lowest BCUT2D eigenvalue weighted by atomic mass is 10.1. The Hall–Kier alpha value is -0.870. The molecule has 0 aromatic carbocycles. The Morgan fingerprint density at radius 1 is 1.41 bits per heavy atom. The fraction of sp³-hybridized carbons (Fsp3) is 0.769. The number of imidazole rings is 1. The van der Waals surface area contributed by atoms with E-state index in [1.54, 1.807) is 0 Å². The van der Waals surface area contributed by atoms with E-state index in [1.807, 2.05) is 0 Å². The Bertz CT molecular complexity index is 401. The molecule has 1 saturated heterocycles. The van der Waals surface area contributed by atoms with Gasteiger partial charge in [0.05, 0.1) is 17.8 Å². The lowest BCUT2D eigenvalue weighted by Gasteiger charge is -2.20. The highest BCUT2D eigenvalue weighted by Gasteiger charge is 2.28. The summed E-state index contributed by atoms with van der Waals surface area (Å²) in [5.74, 6) is 1.07. The Morgan fingerprint density at radius 3 is 3.12 bits per heavy atom. The van der Waals surface area contributed by atoms with Crippen molar-refractivity contribution in [1.82, 2.24) is 14.5 Å². The molecule has 0 saturated carbocycles. The van der Waals surface area contributed by atoms with Crippen molar-refractivity contribution in [2.45, 2.75) is 51.3 Å². The number of nitrogens with zero attached hydrogens (tertiary/aromatic N) is 3. The molecular weight excluding hydrogens is 214 g/mol. The lowest BCUT2D eigenvalue weighted by molar-refractivity contribution is 0.141. The van der Waals surface area contributed by atoms with Crippen LogP contribution in [-0.4, -0.2) is 38.8 Å². The summed E-state index contributed by atoms with van der Waals surface area (Å²) in [6, 6.07) is 0.509. The average Bonchev–Trinajstić information content (AvgIpc) is 2.93. The maximum absolute atomic E-state index is 9.66. The summed E-state index contributed by atoms with van der Waals surface area (Å²) in [6.45, 7) is 5.45. The van der Waals surface area contributed by atoms with Gasteiger partial charge in [-0.2, -0.15) is 0 Å². The smallest absolute Gasteiger partial charge is 0.111 e. The number of aliphatic hydroxyl groups excluding tert-OH is 1. The zero-order valence-corrected chi connectivity index (χ0v) is 10.5. The predicted octanol–water partition coefficient (Wildman–Crippen LogP) is 1.35. The monoisotopic (exact) mass is 235 g/mol. The largest absolute Gasteiger partial charge is 0.393 e. The number of aromatic nitrogens is 2. The van der Waals surface area contributed by atoms with Gasteiger partial charge in [0.2, 0.25) is 0 Å². The van der Waals surface area contributed by atoms with Crippen LogP contribution in [0.15, 0.2) is 6.20 Å². The third-order valence-corrected chi connectivity index (χ3v) is 4.11. The van der Waals surface area contributed by atoms with Gasteiger partial charge in [0.1, 0.15) is 5.82 Å². The Morgan fingerprint density at radius 2 is 2.29 bits per heavy atom. The van der Waals surface area contributed by atoms with Crippen molar-refractivity contribution in [1.29, 1.82) is 0 Å².